The van der Waals surface area contributed by atoms with Crippen LogP contribution in [0.4, 0.5) is 5.95 Å². The molecule has 28 heavy (non-hydrogen) atoms. The molecule has 146 valence electrons. The van der Waals surface area contributed by atoms with E-state index in [0.29, 0.717) is 22.9 Å². The van der Waals surface area contributed by atoms with Gasteiger partial charge in [0.05, 0.1) is 11.1 Å². The molecule has 3 amide bonds. The van der Waals surface area contributed by atoms with Crippen molar-refractivity contribution in [1.82, 2.24) is 25.0 Å². The summed E-state index contributed by atoms with van der Waals surface area (Å²) in [6, 6.07) is 5.06. The largest absolute Gasteiger partial charge is 0.317 e. The first-order valence-electron chi connectivity index (χ1n) is 9.32. The summed E-state index contributed by atoms with van der Waals surface area (Å²) in [6.45, 7) is 3.33. The van der Waals surface area contributed by atoms with Crippen molar-refractivity contribution >= 4 is 23.7 Å². The average molecular weight is 382 g/mol. The molecular weight excluding hydrogens is 360 g/mol. The highest BCUT2D eigenvalue weighted by Gasteiger charge is 2.36. The Labute approximate surface area is 162 Å². The van der Waals surface area contributed by atoms with Crippen molar-refractivity contribution in [3.63, 3.8) is 0 Å². The molecule has 0 saturated carbocycles. The minimum Gasteiger partial charge on any atom is -0.317 e. The summed E-state index contributed by atoms with van der Waals surface area (Å²) in [5, 5.41) is 10.4. The normalized spacial score (nSPS) is 17.1. The summed E-state index contributed by atoms with van der Waals surface area (Å²) in [5.41, 5.74) is 1.55. The van der Waals surface area contributed by atoms with Crippen molar-refractivity contribution in [3.05, 3.63) is 40.7 Å². The third-order valence-corrected chi connectivity index (χ3v) is 5.16. The van der Waals surface area contributed by atoms with Crippen molar-refractivity contribution in [2.24, 2.45) is 7.05 Å². The van der Waals surface area contributed by atoms with Crippen LogP contribution in [-0.4, -0.2) is 57.0 Å². The van der Waals surface area contributed by atoms with Crippen LogP contribution in [0, 0.1) is 6.92 Å². The molecular formula is C19H22N6O3. The van der Waals surface area contributed by atoms with Crippen LogP contribution in [0.15, 0.2) is 18.2 Å². The third-order valence-electron chi connectivity index (χ3n) is 5.16. The molecule has 0 spiro atoms. The molecule has 0 radical (unpaired) electrons. The van der Waals surface area contributed by atoms with Crippen molar-refractivity contribution in [1.29, 1.82) is 0 Å². The molecule has 9 nitrogen and oxygen atoms in total. The summed E-state index contributed by atoms with van der Waals surface area (Å²) in [4.78, 5) is 42.9. The minimum absolute atomic E-state index is 0.262. The van der Waals surface area contributed by atoms with E-state index in [-0.39, 0.29) is 12.5 Å². The molecule has 1 saturated heterocycles. The first kappa shape index (κ1) is 18.3. The maximum Gasteiger partial charge on any atom is 0.262 e. The highest BCUT2D eigenvalue weighted by atomic mass is 16.2. The van der Waals surface area contributed by atoms with Crippen molar-refractivity contribution < 1.29 is 14.4 Å². The lowest BCUT2D eigenvalue weighted by Crippen LogP contribution is -2.37. The lowest BCUT2D eigenvalue weighted by atomic mass is 9.98. The summed E-state index contributed by atoms with van der Waals surface area (Å²) >= 11 is 0. The number of aromatic nitrogens is 3. The zero-order chi connectivity index (χ0) is 19.8. The number of piperidine rings is 1. The average Bonchev–Trinajstić information content (AvgIpc) is 3.15. The van der Waals surface area contributed by atoms with Gasteiger partial charge in [0, 0.05) is 13.0 Å². The molecule has 2 aromatic rings. The van der Waals surface area contributed by atoms with Crippen molar-refractivity contribution in [2.75, 3.05) is 25.0 Å². The van der Waals surface area contributed by atoms with Crippen LogP contribution in [0.3, 0.4) is 0 Å². The van der Waals surface area contributed by atoms with Gasteiger partial charge in [-0.25, -0.2) is 4.68 Å². The second-order valence-electron chi connectivity index (χ2n) is 7.24. The molecule has 4 rings (SSSR count). The van der Waals surface area contributed by atoms with Crippen LogP contribution >= 0.6 is 0 Å². The van der Waals surface area contributed by atoms with Crippen molar-refractivity contribution in [3.8, 4) is 0 Å². The Balaban J connectivity index is 1.45. The van der Waals surface area contributed by atoms with E-state index >= 15 is 0 Å². The van der Waals surface area contributed by atoms with Gasteiger partial charge in [0.25, 0.3) is 11.8 Å². The Hall–Kier alpha value is -3.07. The molecule has 0 atom stereocenters. The summed E-state index contributed by atoms with van der Waals surface area (Å²) in [6.07, 6.45) is 1.90. The third kappa shape index (κ3) is 3.29. The summed E-state index contributed by atoms with van der Waals surface area (Å²) in [7, 11) is 1.71. The number of aryl methyl sites for hydroxylation is 2. The Morgan fingerprint density at radius 2 is 1.93 bits per heavy atom. The fraction of sp³-hybridized carbons (Fsp3) is 0.421. The number of rotatable bonds is 4. The number of amides is 3. The number of hydrogen-bond acceptors (Lipinski definition) is 6. The molecule has 1 fully saturated rings. The van der Waals surface area contributed by atoms with Gasteiger partial charge in [-0.15, -0.1) is 0 Å². The van der Waals surface area contributed by atoms with Gasteiger partial charge in [-0.1, -0.05) is 11.6 Å². The van der Waals surface area contributed by atoms with Crippen LogP contribution in [0.1, 0.15) is 50.9 Å². The van der Waals surface area contributed by atoms with Crippen LogP contribution in [-0.2, 0) is 11.8 Å². The van der Waals surface area contributed by atoms with Gasteiger partial charge in [0.2, 0.25) is 11.9 Å². The van der Waals surface area contributed by atoms with Crippen molar-refractivity contribution in [2.45, 2.75) is 25.7 Å². The van der Waals surface area contributed by atoms with E-state index in [9.17, 15) is 14.4 Å². The maximum atomic E-state index is 12.5. The molecule has 0 aliphatic carbocycles. The quantitative estimate of drug-likeness (QED) is 0.758. The van der Waals surface area contributed by atoms with Gasteiger partial charge in [-0.05, 0) is 45.0 Å². The van der Waals surface area contributed by atoms with E-state index in [1.807, 2.05) is 6.92 Å². The molecule has 1 aromatic carbocycles. The van der Waals surface area contributed by atoms with Crippen LogP contribution < -0.4 is 10.6 Å². The number of fused-ring (bicyclic) bond motifs is 1. The van der Waals surface area contributed by atoms with E-state index in [2.05, 4.69) is 20.7 Å². The van der Waals surface area contributed by atoms with E-state index in [4.69, 9.17) is 0 Å². The lowest BCUT2D eigenvalue weighted by Gasteiger charge is -2.19. The summed E-state index contributed by atoms with van der Waals surface area (Å²) in [5.74, 6) is -0.117. The number of nitrogens with zero attached hydrogens (tertiary/aromatic N) is 4. The number of hydrogen-bond donors (Lipinski definition) is 2. The zero-order valence-corrected chi connectivity index (χ0v) is 15.9. The first-order valence-corrected chi connectivity index (χ1v) is 9.32. The highest BCUT2D eigenvalue weighted by Crippen LogP contribution is 2.25. The predicted octanol–water partition coefficient (Wildman–Crippen LogP) is 0.825. The molecule has 3 heterocycles. The molecule has 1 aromatic heterocycles. The van der Waals surface area contributed by atoms with Gasteiger partial charge < -0.3 is 5.32 Å². The fourth-order valence-corrected chi connectivity index (χ4v) is 3.62. The number of anilines is 1. The van der Waals surface area contributed by atoms with Crippen LogP contribution in [0.2, 0.25) is 0 Å². The lowest BCUT2D eigenvalue weighted by molar-refractivity contribution is -0.116. The number of benzene rings is 1. The van der Waals surface area contributed by atoms with Crippen LogP contribution in [0.5, 0.6) is 0 Å². The van der Waals surface area contributed by atoms with Gasteiger partial charge in [0.15, 0.2) is 5.82 Å². The molecule has 9 heteroatoms. The minimum atomic E-state index is -0.487. The second kappa shape index (κ2) is 7.16. The van der Waals surface area contributed by atoms with Gasteiger partial charge in [0.1, 0.15) is 6.54 Å². The Morgan fingerprint density at radius 1 is 1.21 bits per heavy atom. The Morgan fingerprint density at radius 3 is 2.68 bits per heavy atom. The van der Waals surface area contributed by atoms with Gasteiger partial charge >= 0.3 is 0 Å². The molecule has 2 aliphatic heterocycles. The van der Waals surface area contributed by atoms with Crippen LogP contribution in [0.25, 0.3) is 0 Å². The summed E-state index contributed by atoms with van der Waals surface area (Å²) < 4.78 is 1.51. The number of imide groups is 1. The van der Waals surface area contributed by atoms with Gasteiger partial charge in [-0.3, -0.25) is 24.6 Å². The number of carbonyl (C=O) groups is 3. The van der Waals surface area contributed by atoms with E-state index in [1.165, 1.54) is 4.68 Å². The SMILES string of the molecule is Cc1ccc2c(c1)C(=O)N(CC(=O)Nc1nc(C3CCNCC3)nn1C)C2=O. The molecule has 0 unspecified atom stereocenters. The second-order valence-corrected chi connectivity index (χ2v) is 7.24. The highest BCUT2D eigenvalue weighted by molar-refractivity contribution is 6.22. The van der Waals surface area contributed by atoms with E-state index in [0.717, 1.165) is 36.4 Å². The standard InChI is InChI=1S/C19H22N6O3/c1-11-3-4-13-14(9-11)18(28)25(17(13)27)10-15(26)21-19-22-16(23-24(19)2)12-5-7-20-8-6-12/h3-4,9,12,20H,5-8,10H2,1-2H3,(H,21,22,23,26). The Bertz CT molecular complexity index is 961. The predicted molar refractivity (Wildman–Crippen MR) is 101 cm³/mol. The fourth-order valence-electron chi connectivity index (χ4n) is 3.62. The first-order chi connectivity index (χ1) is 13.4. The Kier molecular flexibility index (Phi) is 4.68. The van der Waals surface area contributed by atoms with E-state index < -0.39 is 17.7 Å². The monoisotopic (exact) mass is 382 g/mol. The molecule has 2 aliphatic rings. The molecule has 2 N–H and O–H groups in total. The maximum absolute atomic E-state index is 12.5. The zero-order valence-electron chi connectivity index (χ0n) is 15.9. The van der Waals surface area contributed by atoms with Gasteiger partial charge in [-0.2, -0.15) is 10.1 Å². The smallest absolute Gasteiger partial charge is 0.262 e. The van der Waals surface area contributed by atoms with E-state index in [1.54, 1.807) is 25.2 Å². The number of carbonyl (C=O) groups excluding carboxylic acids is 3. The molecule has 0 bridgehead atoms. The topological polar surface area (TPSA) is 109 Å². The number of nitrogens with one attached hydrogen (secondary N) is 2.